The lowest BCUT2D eigenvalue weighted by Crippen LogP contribution is -2.40. The topological polar surface area (TPSA) is 114 Å². The molecule has 0 aromatic heterocycles. The summed E-state index contributed by atoms with van der Waals surface area (Å²) in [4.78, 5) is 19.4. The van der Waals surface area contributed by atoms with Crippen LogP contribution in [0.2, 0.25) is 15.1 Å². The molecule has 0 N–H and O–H groups in total. The van der Waals surface area contributed by atoms with Crippen molar-refractivity contribution < 1.29 is 0 Å². The van der Waals surface area contributed by atoms with Gasteiger partial charge in [0.25, 0.3) is 0 Å². The molecule has 0 radical (unpaired) electrons. The summed E-state index contributed by atoms with van der Waals surface area (Å²) < 4.78 is 0. The van der Waals surface area contributed by atoms with Gasteiger partial charge in [-0.2, -0.15) is 0 Å². The molecule has 0 spiro atoms. The van der Waals surface area contributed by atoms with Gasteiger partial charge in [-0.05, 0) is 143 Å². The molecule has 0 unspecified atom stereocenters. The molecule has 0 amide bonds. The summed E-state index contributed by atoms with van der Waals surface area (Å²) >= 11 is 20.7. The zero-order valence-electron chi connectivity index (χ0n) is 42.7. The van der Waals surface area contributed by atoms with Gasteiger partial charge in [0.1, 0.15) is 0 Å². The molecule has 0 atom stereocenters. The van der Waals surface area contributed by atoms with E-state index in [1.165, 1.54) is 0 Å². The minimum Gasteiger partial charge on any atom is -0.290 e. The van der Waals surface area contributed by atoms with E-state index in [1.807, 2.05) is 54.6 Å². The Kier molecular flexibility index (Phi) is 16.2. The molecule has 388 valence electrons. The number of hydrogen-bond acceptors (Lipinski definition) is 10. The number of hydrogen-bond donors (Lipinski definition) is 0. The van der Waals surface area contributed by atoms with Crippen LogP contribution < -0.4 is 31.8 Å². The van der Waals surface area contributed by atoms with Gasteiger partial charge in [0.2, 0.25) is 0 Å². The van der Waals surface area contributed by atoms with Crippen molar-refractivity contribution in [2.75, 3.05) is 18.5 Å². The molecule has 78 heavy (non-hydrogen) atoms. The van der Waals surface area contributed by atoms with E-state index in [4.69, 9.17) is 80.4 Å². The molecule has 9 aromatic carbocycles. The Labute approximate surface area is 471 Å². The molecule has 16 heteroatoms. The number of fused-ring (bicyclic) bond motifs is 6. The number of nitrogens with zero attached hydrogens (tertiary/aromatic N) is 10. The van der Waals surface area contributed by atoms with Crippen molar-refractivity contribution in [1.29, 1.82) is 0 Å². The first kappa shape index (κ1) is 53.3. The second kappa shape index (κ2) is 23.7. The molecule has 0 saturated carbocycles. The van der Waals surface area contributed by atoms with Crippen LogP contribution in [0.25, 0.3) is 0 Å². The first-order valence-corrected chi connectivity index (χ1v) is 32.5. The predicted octanol–water partition coefficient (Wildman–Crippen LogP) is 17.4. The Morgan fingerprint density at radius 3 is 0.795 bits per heavy atom. The third kappa shape index (κ3) is 11.6. The summed E-state index contributed by atoms with van der Waals surface area (Å²) in [5.74, 6) is 0. The van der Waals surface area contributed by atoms with Crippen LogP contribution in [0.4, 0.5) is 17.1 Å². The fraction of sp³-hybridized carbons (Fsp3) is 0.129. The van der Waals surface area contributed by atoms with Gasteiger partial charge in [-0.1, -0.05) is 224 Å². The highest BCUT2D eigenvalue weighted by Crippen LogP contribution is 2.63. The molecule has 3 aliphatic rings. The van der Waals surface area contributed by atoms with Crippen molar-refractivity contribution >= 4 is 105 Å². The standard InChI is InChI=1S/C62H54Cl3N10P3/c1-62-44-76(53-20-8-2-9-21-53,54-22-10-3-11-23-54)72-69-66-59-35-32-50(63)38-47(59)41-75(42-48-39-51(64)33-36-60(48)67-70-73-77(45-62,55-24-12-4-13-25-55)56-26-14-5-15-27-56)43-49-40-52(65)34-37-61(49)68-71-74-78(46-62,57-28-16-6-17-29-57)58-30-18-7-19-31-58/h2-40H,41-46H2,1H3. The number of benzene rings is 9. The SMILES string of the molecule is CC12CP(c3ccccc3)(c3ccccc3)=NN=Nc3ccc(Cl)cc3CN(Cc3cc(Cl)ccc3N=NN=P(c3ccccc3)(c3ccccc3)C1)Cc1cc(Cl)ccc1N=NN=P(c1ccccc1)(c1ccccc1)C2. The van der Waals surface area contributed by atoms with Gasteiger partial charge in [0, 0.05) is 34.7 Å². The van der Waals surface area contributed by atoms with E-state index in [9.17, 15) is 0 Å². The molecule has 3 heterocycles. The van der Waals surface area contributed by atoms with Crippen LogP contribution in [0.5, 0.6) is 0 Å². The number of rotatable bonds is 6. The van der Waals surface area contributed by atoms with E-state index in [-0.39, 0.29) is 0 Å². The molecule has 0 aliphatic carbocycles. The van der Waals surface area contributed by atoms with Crippen molar-refractivity contribution in [3.63, 3.8) is 0 Å². The molecular formula is C62H54Cl3N10P3. The molecule has 9 aromatic rings. The third-order valence-electron chi connectivity index (χ3n) is 14.3. The van der Waals surface area contributed by atoms with E-state index in [1.54, 1.807) is 0 Å². The van der Waals surface area contributed by atoms with Crippen molar-refractivity contribution in [3.05, 3.63) is 268 Å². The zero-order valence-corrected chi connectivity index (χ0v) is 47.7. The smallest absolute Gasteiger partial charge is 0.0921 e. The van der Waals surface area contributed by atoms with Gasteiger partial charge in [-0.25, -0.2) is 0 Å². The Balaban J connectivity index is 1.33. The monoisotopic (exact) mass is 1140 g/mol. The highest BCUT2D eigenvalue weighted by molar-refractivity contribution is 7.83. The third-order valence-corrected chi connectivity index (χ3v) is 26.7. The van der Waals surface area contributed by atoms with E-state index >= 15 is 0 Å². The van der Waals surface area contributed by atoms with Gasteiger partial charge in [-0.3, -0.25) is 4.90 Å². The summed E-state index contributed by atoms with van der Waals surface area (Å²) in [5, 5.41) is 38.5. The Hall–Kier alpha value is -6.70. The van der Waals surface area contributed by atoms with Crippen LogP contribution in [0, 0.1) is 5.41 Å². The maximum absolute atomic E-state index is 6.89. The lowest BCUT2D eigenvalue weighted by molar-refractivity contribution is 0.248. The molecule has 2 bridgehead atoms. The van der Waals surface area contributed by atoms with Gasteiger partial charge in [-0.15, -0.1) is 29.9 Å². The normalized spacial score (nSPS) is 18.8. The molecule has 0 saturated heterocycles. The molecular weight excluding hydrogens is 1080 g/mol. The van der Waals surface area contributed by atoms with Crippen LogP contribution in [0.1, 0.15) is 23.6 Å². The van der Waals surface area contributed by atoms with Crippen molar-refractivity contribution in [3.8, 4) is 0 Å². The van der Waals surface area contributed by atoms with E-state index < -0.39 is 26.6 Å². The van der Waals surface area contributed by atoms with Gasteiger partial charge in [0.05, 0.1) is 38.2 Å². The average Bonchev–Trinajstić information content (AvgIpc) is 3.59. The maximum atomic E-state index is 6.89. The van der Waals surface area contributed by atoms with Crippen LogP contribution in [-0.4, -0.2) is 23.4 Å². The van der Waals surface area contributed by atoms with Gasteiger partial charge >= 0.3 is 0 Å². The Morgan fingerprint density at radius 1 is 0.333 bits per heavy atom. The maximum Gasteiger partial charge on any atom is 0.0921 e. The number of halogens is 3. The van der Waals surface area contributed by atoms with Gasteiger partial charge in [0.15, 0.2) is 0 Å². The fourth-order valence-corrected chi connectivity index (χ4v) is 23.3. The lowest BCUT2D eigenvalue weighted by Gasteiger charge is -2.43. The van der Waals surface area contributed by atoms with Crippen LogP contribution in [-0.2, 0) is 19.6 Å². The molecule has 3 aliphatic heterocycles. The summed E-state index contributed by atoms with van der Waals surface area (Å²) in [5.41, 5.74) is 3.62. The lowest BCUT2D eigenvalue weighted by atomic mass is 9.99. The van der Waals surface area contributed by atoms with Crippen molar-refractivity contribution in [2.45, 2.75) is 26.6 Å². The largest absolute Gasteiger partial charge is 0.290 e. The molecule has 0 fully saturated rings. The summed E-state index contributed by atoms with van der Waals surface area (Å²) in [6, 6.07) is 80.9. The second-order valence-electron chi connectivity index (χ2n) is 19.9. The molecule has 10 nitrogen and oxygen atoms in total. The quantitative estimate of drug-likeness (QED) is 0.152. The van der Waals surface area contributed by atoms with E-state index in [0.29, 0.717) is 70.3 Å². The highest BCUT2D eigenvalue weighted by atomic mass is 35.5. The van der Waals surface area contributed by atoms with Crippen LogP contribution >= 0.6 is 56.0 Å². The van der Waals surface area contributed by atoms with Crippen molar-refractivity contribution in [1.82, 2.24) is 4.90 Å². The Bertz CT molecular complexity index is 3320. The van der Waals surface area contributed by atoms with Crippen molar-refractivity contribution in [2.24, 2.45) is 51.0 Å². The second-order valence-corrected chi connectivity index (χ2v) is 30.4. The fourth-order valence-electron chi connectivity index (χ4n) is 10.9. The summed E-state index contributed by atoms with van der Waals surface area (Å²) in [6.45, 7) is 3.48. The van der Waals surface area contributed by atoms with E-state index in [0.717, 1.165) is 48.5 Å². The Morgan fingerprint density at radius 2 is 0.564 bits per heavy atom. The summed E-state index contributed by atoms with van der Waals surface area (Å²) in [6.07, 6.45) is 1.54. The van der Waals surface area contributed by atoms with Crippen LogP contribution in [0.15, 0.2) is 282 Å². The van der Waals surface area contributed by atoms with E-state index in [2.05, 4.69) is 194 Å². The average molecular weight is 1140 g/mol. The summed E-state index contributed by atoms with van der Waals surface area (Å²) in [7, 11) is -9.12. The zero-order chi connectivity index (χ0) is 53.4. The van der Waals surface area contributed by atoms with Gasteiger partial charge < -0.3 is 0 Å². The molecule has 12 rings (SSSR count). The first-order chi connectivity index (χ1) is 38.1. The van der Waals surface area contributed by atoms with Crippen LogP contribution in [0.3, 0.4) is 0 Å². The predicted molar refractivity (Wildman–Crippen MR) is 328 cm³/mol. The highest BCUT2D eigenvalue weighted by Gasteiger charge is 2.46. The first-order valence-electron chi connectivity index (χ1n) is 25.6. The minimum absolute atomic E-state index is 0.360. The minimum atomic E-state index is -3.04.